The number of nitrogens with one attached hydrogen (secondary N) is 1. The lowest BCUT2D eigenvalue weighted by Gasteiger charge is -2.17. The molecule has 2 N–H and O–H groups in total. The van der Waals surface area contributed by atoms with Crippen LogP contribution in [0.15, 0.2) is 23.2 Å². The number of sulfonamides is 1. The Hall–Kier alpha value is -1.18. The molecule has 0 spiro atoms. The van der Waals surface area contributed by atoms with Gasteiger partial charge in [-0.05, 0) is 31.7 Å². The van der Waals surface area contributed by atoms with Gasteiger partial charge in [-0.1, -0.05) is 6.92 Å². The van der Waals surface area contributed by atoms with Gasteiger partial charge in [0.1, 0.15) is 5.82 Å². The molecule has 0 fully saturated rings. The largest absolute Gasteiger partial charge is 0.396 e. The molecular formula is C14H25N3O3S. The normalized spacial score (nSPS) is 11.8. The lowest BCUT2D eigenvalue weighted by molar-refractivity contribution is 0.281. The topological polar surface area (TPSA) is 82.5 Å². The third-order valence-electron chi connectivity index (χ3n) is 3.13. The molecule has 0 radical (unpaired) electrons. The van der Waals surface area contributed by atoms with Gasteiger partial charge in [0.2, 0.25) is 10.0 Å². The molecule has 21 heavy (non-hydrogen) atoms. The van der Waals surface area contributed by atoms with Crippen LogP contribution in [0.5, 0.6) is 0 Å². The Morgan fingerprint density at radius 2 is 2.10 bits per heavy atom. The predicted molar refractivity (Wildman–Crippen MR) is 83.8 cm³/mol. The summed E-state index contributed by atoms with van der Waals surface area (Å²) in [6, 6.07) is 3.08. The summed E-state index contributed by atoms with van der Waals surface area (Å²) in [6.07, 6.45) is 4.71. The summed E-state index contributed by atoms with van der Waals surface area (Å²) in [5, 5.41) is 11.8. The zero-order valence-electron chi connectivity index (χ0n) is 12.7. The van der Waals surface area contributed by atoms with Crippen LogP contribution in [0.4, 0.5) is 5.82 Å². The van der Waals surface area contributed by atoms with E-state index in [1.807, 2.05) is 6.92 Å². The minimum atomic E-state index is -3.48. The van der Waals surface area contributed by atoms with Crippen molar-refractivity contribution in [3.8, 4) is 0 Å². The molecule has 7 heteroatoms. The molecule has 0 saturated carbocycles. The summed E-state index contributed by atoms with van der Waals surface area (Å²) in [7, 11) is -1.91. The number of rotatable bonds is 10. The Morgan fingerprint density at radius 1 is 1.33 bits per heavy atom. The molecule has 0 atom stereocenters. The summed E-state index contributed by atoms with van der Waals surface area (Å²) in [5.41, 5.74) is 0. The fourth-order valence-electron chi connectivity index (χ4n) is 1.84. The van der Waals surface area contributed by atoms with Crippen LogP contribution in [-0.4, -0.2) is 49.6 Å². The molecular weight excluding hydrogens is 290 g/mol. The van der Waals surface area contributed by atoms with E-state index >= 15 is 0 Å². The molecule has 1 heterocycles. The minimum absolute atomic E-state index is 0.146. The lowest BCUT2D eigenvalue weighted by Crippen LogP contribution is -2.28. The molecule has 0 aliphatic rings. The second-order valence-electron chi connectivity index (χ2n) is 4.91. The van der Waals surface area contributed by atoms with Crippen LogP contribution in [0.3, 0.4) is 0 Å². The Bertz CT molecular complexity index is 520. The van der Waals surface area contributed by atoms with Crippen molar-refractivity contribution in [1.82, 2.24) is 9.29 Å². The van der Waals surface area contributed by atoms with E-state index in [2.05, 4.69) is 10.3 Å². The third kappa shape index (κ3) is 5.61. The summed E-state index contributed by atoms with van der Waals surface area (Å²) in [4.78, 5) is 4.37. The highest BCUT2D eigenvalue weighted by molar-refractivity contribution is 7.89. The van der Waals surface area contributed by atoms with E-state index in [1.165, 1.54) is 16.6 Å². The fraction of sp³-hybridized carbons (Fsp3) is 0.643. The monoisotopic (exact) mass is 315 g/mol. The van der Waals surface area contributed by atoms with E-state index in [9.17, 15) is 8.42 Å². The first kappa shape index (κ1) is 17.9. The van der Waals surface area contributed by atoms with Gasteiger partial charge < -0.3 is 10.4 Å². The quantitative estimate of drug-likeness (QED) is 0.642. The molecule has 6 nitrogen and oxygen atoms in total. The maximum absolute atomic E-state index is 12.4. The van der Waals surface area contributed by atoms with Gasteiger partial charge in [-0.25, -0.2) is 17.7 Å². The van der Waals surface area contributed by atoms with Crippen molar-refractivity contribution in [2.24, 2.45) is 0 Å². The summed E-state index contributed by atoms with van der Waals surface area (Å²) >= 11 is 0. The maximum Gasteiger partial charge on any atom is 0.243 e. The lowest BCUT2D eigenvalue weighted by atomic mass is 10.2. The van der Waals surface area contributed by atoms with Crippen molar-refractivity contribution in [2.45, 2.75) is 37.5 Å². The van der Waals surface area contributed by atoms with Crippen molar-refractivity contribution in [3.05, 3.63) is 18.3 Å². The Labute approximate surface area is 127 Å². The van der Waals surface area contributed by atoms with Crippen LogP contribution in [0.2, 0.25) is 0 Å². The van der Waals surface area contributed by atoms with Crippen LogP contribution >= 0.6 is 0 Å². The molecule has 0 saturated heterocycles. The molecule has 0 bridgehead atoms. The first-order valence-corrected chi connectivity index (χ1v) is 8.73. The summed E-state index contributed by atoms with van der Waals surface area (Å²) in [5.74, 6) is 0.576. The molecule has 120 valence electrons. The van der Waals surface area contributed by atoms with E-state index in [0.29, 0.717) is 18.8 Å². The number of aromatic nitrogens is 1. The van der Waals surface area contributed by atoms with Gasteiger partial charge in [0.05, 0.1) is 4.90 Å². The third-order valence-corrected chi connectivity index (χ3v) is 4.98. The number of aliphatic hydroxyl groups is 1. The van der Waals surface area contributed by atoms with Crippen molar-refractivity contribution in [1.29, 1.82) is 0 Å². The molecule has 1 aromatic heterocycles. The van der Waals surface area contributed by atoms with Crippen LogP contribution in [0, 0.1) is 0 Å². The van der Waals surface area contributed by atoms with Gasteiger partial charge in [-0.3, -0.25) is 0 Å². The van der Waals surface area contributed by atoms with E-state index in [1.54, 1.807) is 13.1 Å². The average Bonchev–Trinajstić information content (AvgIpc) is 2.49. The Balaban J connectivity index is 2.72. The molecule has 1 aromatic rings. The fourth-order valence-corrected chi connectivity index (χ4v) is 3.07. The van der Waals surface area contributed by atoms with Crippen molar-refractivity contribution in [3.63, 3.8) is 0 Å². The van der Waals surface area contributed by atoms with E-state index in [4.69, 9.17) is 5.11 Å². The van der Waals surface area contributed by atoms with E-state index < -0.39 is 10.0 Å². The zero-order valence-corrected chi connectivity index (χ0v) is 13.6. The van der Waals surface area contributed by atoms with Gasteiger partial charge in [-0.2, -0.15) is 0 Å². The summed E-state index contributed by atoms with van der Waals surface area (Å²) in [6.45, 7) is 3.39. The van der Waals surface area contributed by atoms with Gasteiger partial charge >= 0.3 is 0 Å². The van der Waals surface area contributed by atoms with Crippen molar-refractivity contribution >= 4 is 15.8 Å². The molecule has 1 rings (SSSR count). The van der Waals surface area contributed by atoms with E-state index in [0.717, 1.165) is 25.8 Å². The second-order valence-corrected chi connectivity index (χ2v) is 6.96. The van der Waals surface area contributed by atoms with Gasteiger partial charge in [-0.15, -0.1) is 0 Å². The smallest absolute Gasteiger partial charge is 0.243 e. The second kappa shape index (κ2) is 8.96. The molecule has 0 unspecified atom stereocenters. The zero-order chi connectivity index (χ0) is 15.7. The Morgan fingerprint density at radius 3 is 2.76 bits per heavy atom. The SMILES string of the molecule is CCCNc1cc(S(=O)(=O)N(C)CCCCCO)ccn1. The first-order valence-electron chi connectivity index (χ1n) is 7.29. The van der Waals surface area contributed by atoms with Crippen molar-refractivity contribution in [2.75, 3.05) is 32.1 Å². The van der Waals surface area contributed by atoms with Crippen LogP contribution in [0.25, 0.3) is 0 Å². The number of nitrogens with zero attached hydrogens (tertiary/aromatic N) is 2. The number of hydrogen-bond acceptors (Lipinski definition) is 5. The summed E-state index contributed by atoms with van der Waals surface area (Å²) < 4.78 is 26.2. The molecule has 0 aromatic carbocycles. The molecule has 0 aliphatic heterocycles. The number of hydrogen-bond donors (Lipinski definition) is 2. The maximum atomic E-state index is 12.4. The Kier molecular flexibility index (Phi) is 7.63. The van der Waals surface area contributed by atoms with Gasteiger partial charge in [0.15, 0.2) is 0 Å². The van der Waals surface area contributed by atoms with E-state index in [-0.39, 0.29) is 11.5 Å². The minimum Gasteiger partial charge on any atom is -0.396 e. The first-order chi connectivity index (χ1) is 10.0. The van der Waals surface area contributed by atoms with Crippen molar-refractivity contribution < 1.29 is 13.5 Å². The number of pyridine rings is 1. The van der Waals surface area contributed by atoms with Crippen LogP contribution < -0.4 is 5.32 Å². The predicted octanol–water partition coefficient (Wildman–Crippen LogP) is 1.69. The van der Waals surface area contributed by atoms with Gasteiger partial charge in [0, 0.05) is 39.0 Å². The van der Waals surface area contributed by atoms with Gasteiger partial charge in [0.25, 0.3) is 0 Å². The molecule has 0 amide bonds. The number of unbranched alkanes of at least 4 members (excludes halogenated alkanes) is 2. The standard InChI is InChI=1S/C14H25N3O3S/c1-3-8-15-14-12-13(7-9-16-14)21(19,20)17(2)10-5-4-6-11-18/h7,9,12,18H,3-6,8,10-11H2,1-2H3,(H,15,16). The average molecular weight is 315 g/mol. The number of aliphatic hydroxyl groups excluding tert-OH is 1. The highest BCUT2D eigenvalue weighted by Crippen LogP contribution is 2.17. The highest BCUT2D eigenvalue weighted by atomic mass is 32.2. The van der Waals surface area contributed by atoms with Crippen LogP contribution in [-0.2, 0) is 10.0 Å². The van der Waals surface area contributed by atoms with Crippen LogP contribution in [0.1, 0.15) is 32.6 Å². The number of anilines is 1. The highest BCUT2D eigenvalue weighted by Gasteiger charge is 2.20. The molecule has 0 aliphatic carbocycles.